The number of benzene rings is 1. The number of aryl methyl sites for hydroxylation is 2. The summed E-state index contributed by atoms with van der Waals surface area (Å²) in [6.07, 6.45) is 2.08. The molecule has 3 aromatic rings. The van der Waals surface area contributed by atoms with Gasteiger partial charge < -0.3 is 4.90 Å². The molecule has 8 heteroatoms. The van der Waals surface area contributed by atoms with Gasteiger partial charge in [-0.25, -0.2) is 4.79 Å². The van der Waals surface area contributed by atoms with Crippen molar-refractivity contribution in [2.75, 3.05) is 13.1 Å². The van der Waals surface area contributed by atoms with Gasteiger partial charge in [-0.15, -0.1) is 0 Å². The fraction of sp³-hybridized carbons (Fsp3) is 0.478. The van der Waals surface area contributed by atoms with Crippen molar-refractivity contribution < 1.29 is 4.79 Å². The minimum Gasteiger partial charge on any atom is -0.341 e. The number of aromatic nitrogens is 4. The lowest BCUT2D eigenvalue weighted by Crippen LogP contribution is -2.45. The van der Waals surface area contributed by atoms with E-state index in [0.29, 0.717) is 42.3 Å². The second-order valence-electron chi connectivity index (χ2n) is 8.43. The normalized spacial score (nSPS) is 16.7. The highest BCUT2D eigenvalue weighted by atomic mass is 16.2. The Labute approximate surface area is 180 Å². The fourth-order valence-corrected chi connectivity index (χ4v) is 4.50. The molecule has 1 aliphatic heterocycles. The van der Waals surface area contributed by atoms with Crippen LogP contribution in [0.3, 0.4) is 0 Å². The maximum atomic E-state index is 13.5. The van der Waals surface area contributed by atoms with Crippen LogP contribution < -0.4 is 11.2 Å². The number of piperidine rings is 1. The van der Waals surface area contributed by atoms with Crippen LogP contribution in [0.4, 0.5) is 0 Å². The summed E-state index contributed by atoms with van der Waals surface area (Å²) in [5.41, 5.74) is 1.41. The van der Waals surface area contributed by atoms with E-state index in [2.05, 4.69) is 12.0 Å². The first-order valence-electron chi connectivity index (χ1n) is 10.9. The minimum atomic E-state index is -0.474. The van der Waals surface area contributed by atoms with Crippen molar-refractivity contribution in [2.24, 2.45) is 5.92 Å². The maximum absolute atomic E-state index is 13.5. The number of rotatable bonds is 5. The fourth-order valence-electron chi connectivity index (χ4n) is 4.50. The Morgan fingerprint density at radius 1 is 1.13 bits per heavy atom. The molecule has 1 atom stereocenters. The van der Waals surface area contributed by atoms with E-state index in [4.69, 9.17) is 0 Å². The third-order valence-electron chi connectivity index (χ3n) is 6.06. The van der Waals surface area contributed by atoms with Crippen molar-refractivity contribution in [2.45, 2.75) is 53.2 Å². The first-order valence-corrected chi connectivity index (χ1v) is 10.9. The summed E-state index contributed by atoms with van der Waals surface area (Å²) < 4.78 is 4.28. The summed E-state index contributed by atoms with van der Waals surface area (Å²) in [5.74, 6) is 0.356. The van der Waals surface area contributed by atoms with Crippen LogP contribution in [0, 0.1) is 12.8 Å². The van der Waals surface area contributed by atoms with Gasteiger partial charge in [-0.3, -0.25) is 23.4 Å². The number of hydrogen-bond donors (Lipinski definition) is 0. The molecule has 3 heterocycles. The summed E-state index contributed by atoms with van der Waals surface area (Å²) in [6, 6.07) is 9.39. The highest BCUT2D eigenvalue weighted by Gasteiger charge is 2.25. The van der Waals surface area contributed by atoms with Gasteiger partial charge in [-0.05, 0) is 38.2 Å². The summed E-state index contributed by atoms with van der Waals surface area (Å²) >= 11 is 0. The molecule has 0 radical (unpaired) electrons. The predicted molar refractivity (Wildman–Crippen MR) is 119 cm³/mol. The number of likely N-dealkylation sites (tertiary alicyclic amines) is 1. The highest BCUT2D eigenvalue weighted by Crippen LogP contribution is 2.18. The third kappa shape index (κ3) is 3.94. The molecule has 1 saturated heterocycles. The van der Waals surface area contributed by atoms with Gasteiger partial charge in [0.15, 0.2) is 5.52 Å². The number of nitrogens with zero attached hydrogens (tertiary/aromatic N) is 5. The van der Waals surface area contributed by atoms with Gasteiger partial charge in [0, 0.05) is 19.6 Å². The third-order valence-corrected chi connectivity index (χ3v) is 6.06. The lowest BCUT2D eigenvalue weighted by Gasteiger charge is -2.31. The maximum Gasteiger partial charge on any atom is 0.332 e. The molecule has 1 amide bonds. The van der Waals surface area contributed by atoms with Gasteiger partial charge in [0.2, 0.25) is 5.91 Å². The lowest BCUT2D eigenvalue weighted by molar-refractivity contribution is -0.133. The second-order valence-corrected chi connectivity index (χ2v) is 8.43. The molecule has 0 aliphatic carbocycles. The summed E-state index contributed by atoms with van der Waals surface area (Å²) in [4.78, 5) is 41.7. The highest BCUT2D eigenvalue weighted by molar-refractivity contribution is 5.81. The van der Waals surface area contributed by atoms with Crippen LogP contribution in [0.2, 0.25) is 0 Å². The van der Waals surface area contributed by atoms with Crippen LogP contribution in [0.1, 0.15) is 37.9 Å². The van der Waals surface area contributed by atoms with Gasteiger partial charge >= 0.3 is 5.69 Å². The van der Waals surface area contributed by atoms with E-state index in [1.807, 2.05) is 42.2 Å². The first-order chi connectivity index (χ1) is 14.9. The Bertz CT molecular complexity index is 1220. The largest absolute Gasteiger partial charge is 0.341 e. The summed E-state index contributed by atoms with van der Waals surface area (Å²) in [7, 11) is 0. The molecule has 0 saturated carbocycles. The van der Waals surface area contributed by atoms with Crippen LogP contribution in [-0.4, -0.2) is 42.8 Å². The Morgan fingerprint density at radius 2 is 1.87 bits per heavy atom. The predicted octanol–water partition coefficient (Wildman–Crippen LogP) is 1.99. The molecule has 8 nitrogen and oxygen atoms in total. The van der Waals surface area contributed by atoms with Gasteiger partial charge in [-0.2, -0.15) is 5.10 Å². The number of fused-ring (bicyclic) bond motifs is 1. The molecule has 4 rings (SSSR count). The van der Waals surface area contributed by atoms with E-state index in [1.54, 1.807) is 11.6 Å². The quantitative estimate of drug-likeness (QED) is 0.629. The van der Waals surface area contributed by atoms with Gasteiger partial charge in [0.1, 0.15) is 12.1 Å². The topological polar surface area (TPSA) is 82.1 Å². The zero-order chi connectivity index (χ0) is 22.1. The molecule has 0 bridgehead atoms. The van der Waals surface area contributed by atoms with Crippen molar-refractivity contribution in [3.63, 3.8) is 0 Å². The average molecular weight is 424 g/mol. The zero-order valence-electron chi connectivity index (χ0n) is 18.4. The Hall–Kier alpha value is -3.16. The van der Waals surface area contributed by atoms with Crippen molar-refractivity contribution in [1.29, 1.82) is 0 Å². The zero-order valence-corrected chi connectivity index (χ0v) is 18.4. The Kier molecular flexibility index (Phi) is 5.80. The second kappa shape index (κ2) is 8.53. The number of hydrogen-bond acceptors (Lipinski definition) is 4. The summed E-state index contributed by atoms with van der Waals surface area (Å²) in [6.45, 7) is 7.79. The molecular formula is C23H29N5O3. The van der Waals surface area contributed by atoms with Crippen LogP contribution in [0.25, 0.3) is 11.0 Å². The Morgan fingerprint density at radius 3 is 2.55 bits per heavy atom. The molecule has 0 N–H and O–H groups in total. The van der Waals surface area contributed by atoms with Crippen molar-refractivity contribution in [1.82, 2.24) is 23.8 Å². The molecule has 31 heavy (non-hydrogen) atoms. The van der Waals surface area contributed by atoms with E-state index in [-0.39, 0.29) is 24.6 Å². The molecule has 1 aliphatic rings. The molecule has 1 unspecified atom stereocenters. The average Bonchev–Trinajstić information content (AvgIpc) is 3.11. The molecular weight excluding hydrogens is 394 g/mol. The van der Waals surface area contributed by atoms with Crippen LogP contribution in [0.15, 0.2) is 39.9 Å². The van der Waals surface area contributed by atoms with E-state index < -0.39 is 5.69 Å². The number of carbonyl (C=O) groups excluding carboxylic acids is 1. The molecule has 1 fully saturated rings. The molecule has 0 spiro atoms. The van der Waals surface area contributed by atoms with Gasteiger partial charge in [0.05, 0.1) is 12.2 Å². The number of carbonyl (C=O) groups is 1. The minimum absolute atomic E-state index is 0.0899. The van der Waals surface area contributed by atoms with Crippen LogP contribution in [-0.2, 0) is 24.4 Å². The van der Waals surface area contributed by atoms with E-state index in [9.17, 15) is 14.4 Å². The van der Waals surface area contributed by atoms with Crippen LogP contribution >= 0.6 is 0 Å². The van der Waals surface area contributed by atoms with Crippen molar-refractivity contribution in [3.8, 4) is 0 Å². The standard InChI is InChI=1S/C23H29N5O3/c1-4-28-21-20(17(3)24-28)26(15-19(29)25-12-8-9-16(2)13-25)23(31)27(22(21)30)14-18-10-6-5-7-11-18/h5-7,10-11,16H,4,8-9,12-15H2,1-3H3. The van der Waals surface area contributed by atoms with Crippen molar-refractivity contribution >= 4 is 16.9 Å². The summed E-state index contributed by atoms with van der Waals surface area (Å²) in [5, 5.41) is 4.47. The first kappa shape index (κ1) is 21.1. The van der Waals surface area contributed by atoms with E-state index in [0.717, 1.165) is 18.4 Å². The molecule has 2 aromatic heterocycles. The van der Waals surface area contributed by atoms with E-state index >= 15 is 0 Å². The molecule has 164 valence electrons. The van der Waals surface area contributed by atoms with Crippen molar-refractivity contribution in [3.05, 3.63) is 62.4 Å². The molecule has 1 aromatic carbocycles. The van der Waals surface area contributed by atoms with Crippen LogP contribution in [0.5, 0.6) is 0 Å². The lowest BCUT2D eigenvalue weighted by atomic mass is 10.0. The van der Waals surface area contributed by atoms with Gasteiger partial charge in [-0.1, -0.05) is 37.3 Å². The SMILES string of the molecule is CCn1nc(C)c2c1c(=O)n(Cc1ccccc1)c(=O)n2CC(=O)N1CCCC(C)C1. The Balaban J connectivity index is 1.85. The van der Waals surface area contributed by atoms with E-state index in [1.165, 1.54) is 9.13 Å². The smallest absolute Gasteiger partial charge is 0.332 e. The number of amides is 1. The van der Waals surface area contributed by atoms with Gasteiger partial charge in [0.25, 0.3) is 5.56 Å². The monoisotopic (exact) mass is 423 g/mol.